The number of carbonyl (C=O) groups excluding carboxylic acids is 1. The fourth-order valence-corrected chi connectivity index (χ4v) is 6.77. The lowest BCUT2D eigenvalue weighted by Crippen LogP contribution is -2.46. The molecule has 248 valence electrons. The third-order valence-corrected chi connectivity index (χ3v) is 9.29. The van der Waals surface area contributed by atoms with Gasteiger partial charge in [0.25, 0.3) is 0 Å². The molecule has 47 heavy (non-hydrogen) atoms. The minimum Gasteiger partial charge on any atom is -0.412 e. The number of benzene rings is 3. The molecule has 1 saturated carbocycles. The molecule has 0 spiro atoms. The van der Waals surface area contributed by atoms with Crippen molar-refractivity contribution in [2.45, 2.75) is 97.4 Å². The lowest BCUT2D eigenvalue weighted by molar-refractivity contribution is 0.238. The van der Waals surface area contributed by atoms with Crippen molar-refractivity contribution in [3.8, 4) is 28.2 Å². The third kappa shape index (κ3) is 7.38. The fourth-order valence-electron chi connectivity index (χ4n) is 6.77. The van der Waals surface area contributed by atoms with Gasteiger partial charge >= 0.3 is 6.03 Å². The van der Waals surface area contributed by atoms with Gasteiger partial charge in [-0.15, -0.1) is 10.2 Å². The topological polar surface area (TPSA) is 136 Å². The second kappa shape index (κ2) is 15.8. The van der Waals surface area contributed by atoms with Gasteiger partial charge in [-0.2, -0.15) is 5.21 Å². The molecule has 1 aliphatic rings. The molecule has 1 fully saturated rings. The Morgan fingerprint density at radius 3 is 2.45 bits per heavy atom. The molecule has 0 saturated heterocycles. The predicted octanol–water partition coefficient (Wildman–Crippen LogP) is 7.74. The van der Waals surface area contributed by atoms with Gasteiger partial charge in [0.15, 0.2) is 0 Å². The highest BCUT2D eigenvalue weighted by Crippen LogP contribution is 2.36. The molecule has 2 heterocycles. The Bertz CT molecular complexity index is 1760. The monoisotopic (exact) mass is 636 g/mol. The number of nitrogens with zero attached hydrogens (tertiary/aromatic N) is 6. The lowest BCUT2D eigenvalue weighted by Gasteiger charge is -2.28. The number of hydrogen-bond donors (Lipinski definition) is 2. The number of H-pyrrole nitrogens is 1. The van der Waals surface area contributed by atoms with Gasteiger partial charge in [-0.25, -0.2) is 9.78 Å². The van der Waals surface area contributed by atoms with E-state index < -0.39 is 0 Å². The fraction of sp³-hybridized carbons (Fsp3) is 0.432. The van der Waals surface area contributed by atoms with Crippen molar-refractivity contribution in [1.82, 2.24) is 35.5 Å². The number of urea groups is 1. The van der Waals surface area contributed by atoms with E-state index in [1.54, 1.807) is 0 Å². The van der Waals surface area contributed by atoms with Crippen molar-refractivity contribution >= 4 is 22.8 Å². The molecule has 0 unspecified atom stereocenters. The molecule has 2 amide bonds. The van der Waals surface area contributed by atoms with Gasteiger partial charge in [-0.1, -0.05) is 88.8 Å². The van der Waals surface area contributed by atoms with E-state index >= 15 is 0 Å². The van der Waals surface area contributed by atoms with E-state index in [0.717, 1.165) is 102 Å². The zero-order valence-electron chi connectivity index (χ0n) is 27.9. The van der Waals surface area contributed by atoms with Crippen LogP contribution >= 0.6 is 0 Å². The molecule has 0 aliphatic heterocycles. The van der Waals surface area contributed by atoms with E-state index in [9.17, 15) is 4.79 Å². The van der Waals surface area contributed by atoms with Crippen LogP contribution in [0.1, 0.15) is 89.4 Å². The number of anilines is 1. The quantitative estimate of drug-likeness (QED) is 0.135. The summed E-state index contributed by atoms with van der Waals surface area (Å²) in [6.07, 6.45) is 11.9. The molecule has 5 aromatic rings. The van der Waals surface area contributed by atoms with Crippen molar-refractivity contribution in [3.63, 3.8) is 0 Å². The maximum absolute atomic E-state index is 13.8. The van der Waals surface area contributed by atoms with E-state index in [2.05, 4.69) is 93.7 Å². The van der Waals surface area contributed by atoms with Crippen LogP contribution in [0.25, 0.3) is 39.2 Å². The van der Waals surface area contributed by atoms with Crippen LogP contribution in [0.4, 0.5) is 10.5 Å². The van der Waals surface area contributed by atoms with E-state index in [0.29, 0.717) is 12.4 Å². The molecular formula is C37H48N8O2. The first-order valence-electron chi connectivity index (χ1n) is 17.1. The number of carbonyl (C=O) groups is 1. The Morgan fingerprint density at radius 1 is 0.936 bits per heavy atom. The number of amides is 2. The minimum absolute atomic E-state index is 0. The first kappa shape index (κ1) is 33.8. The summed E-state index contributed by atoms with van der Waals surface area (Å²) in [5.41, 5.74) is 8.15. The van der Waals surface area contributed by atoms with E-state index in [1.165, 1.54) is 19.3 Å². The molecule has 0 atom stereocenters. The average molecular weight is 637 g/mol. The number of aromatic nitrogens is 6. The molecule has 4 N–H and O–H groups in total. The van der Waals surface area contributed by atoms with Crippen molar-refractivity contribution in [1.29, 1.82) is 0 Å². The number of aryl methyl sites for hydroxylation is 1. The smallest absolute Gasteiger partial charge is 0.322 e. The number of tetrazole rings is 1. The standard InChI is InChI=1S/C37H46N8O.H2O/c1-4-6-13-24-44(37(46)38-27-15-9-8-10-16-27)28-22-23-32-34(25-28)45(35(39-32)21-7-5-2)33-20-14-19-29(26(33)3)30-17-11-12-18-31(30)36-40-42-43-41-36;/h11-12,14,17-20,22-23,25,27H,4-10,13,15-16,21,24H2,1-3H3,(H,38,46)(H,40,41,42,43);1H2. The maximum atomic E-state index is 13.8. The molecule has 10 nitrogen and oxygen atoms in total. The summed E-state index contributed by atoms with van der Waals surface area (Å²) in [6, 6.07) is 21.2. The Balaban J connectivity index is 0.00000433. The Hall–Kier alpha value is -4.57. The molecule has 0 bridgehead atoms. The largest absolute Gasteiger partial charge is 0.412 e. The van der Waals surface area contributed by atoms with Crippen molar-refractivity contribution in [3.05, 3.63) is 72.1 Å². The first-order chi connectivity index (χ1) is 22.6. The molecule has 6 rings (SSSR count). The number of aromatic amines is 1. The zero-order valence-corrected chi connectivity index (χ0v) is 27.9. The highest BCUT2D eigenvalue weighted by atomic mass is 16.2. The van der Waals surface area contributed by atoms with E-state index in [-0.39, 0.29) is 17.5 Å². The summed E-state index contributed by atoms with van der Waals surface area (Å²) in [6.45, 7) is 7.28. The number of unbranched alkanes of at least 4 members (excludes halogenated alkanes) is 3. The van der Waals surface area contributed by atoms with E-state index in [1.807, 2.05) is 23.1 Å². The highest BCUT2D eigenvalue weighted by molar-refractivity contribution is 5.95. The molecular weight excluding hydrogens is 588 g/mol. The second-order valence-electron chi connectivity index (χ2n) is 12.5. The molecule has 1 aliphatic carbocycles. The summed E-state index contributed by atoms with van der Waals surface area (Å²) in [5, 5.41) is 18.3. The average Bonchev–Trinajstić information content (AvgIpc) is 3.75. The number of hydrogen-bond acceptors (Lipinski definition) is 5. The molecule has 10 heteroatoms. The van der Waals surface area contributed by atoms with Crippen LogP contribution < -0.4 is 10.2 Å². The highest BCUT2D eigenvalue weighted by Gasteiger charge is 2.23. The number of rotatable bonds is 12. The summed E-state index contributed by atoms with van der Waals surface area (Å²) >= 11 is 0. The number of fused-ring (bicyclic) bond motifs is 1. The third-order valence-electron chi connectivity index (χ3n) is 9.29. The van der Waals surface area contributed by atoms with Crippen LogP contribution in [0.3, 0.4) is 0 Å². The van der Waals surface area contributed by atoms with Crippen molar-refractivity contribution < 1.29 is 10.3 Å². The SMILES string of the molecule is CCCCCN(C(=O)NC1CCCCC1)c1ccc2nc(CCCC)n(-c3cccc(-c4ccccc4-c4nn[nH]n4)c3C)c2c1.O. The second-order valence-corrected chi connectivity index (χ2v) is 12.5. The summed E-state index contributed by atoms with van der Waals surface area (Å²) < 4.78 is 2.31. The maximum Gasteiger partial charge on any atom is 0.322 e. The minimum atomic E-state index is 0. The van der Waals surface area contributed by atoms with Gasteiger partial charge in [0.1, 0.15) is 5.82 Å². The van der Waals surface area contributed by atoms with E-state index in [4.69, 9.17) is 4.98 Å². The predicted molar refractivity (Wildman–Crippen MR) is 189 cm³/mol. The Morgan fingerprint density at radius 2 is 1.70 bits per heavy atom. The number of nitrogens with one attached hydrogen (secondary N) is 2. The van der Waals surface area contributed by atoms with Crippen LogP contribution in [0.2, 0.25) is 0 Å². The van der Waals surface area contributed by atoms with Gasteiger partial charge in [0, 0.05) is 30.3 Å². The Labute approximate surface area is 277 Å². The van der Waals surface area contributed by atoms with Gasteiger partial charge in [0.05, 0.1) is 16.7 Å². The van der Waals surface area contributed by atoms with Crippen molar-refractivity contribution in [2.75, 3.05) is 11.4 Å². The van der Waals surface area contributed by atoms with Crippen LogP contribution in [0.15, 0.2) is 60.7 Å². The van der Waals surface area contributed by atoms with Crippen molar-refractivity contribution in [2.24, 2.45) is 0 Å². The van der Waals surface area contributed by atoms with Gasteiger partial charge < -0.3 is 10.8 Å². The normalized spacial score (nSPS) is 13.4. The molecule has 3 aromatic carbocycles. The summed E-state index contributed by atoms with van der Waals surface area (Å²) in [7, 11) is 0. The molecule has 0 radical (unpaired) electrons. The number of imidazole rings is 1. The van der Waals surface area contributed by atoms with Gasteiger partial charge in [0.2, 0.25) is 5.82 Å². The van der Waals surface area contributed by atoms with Crippen LogP contribution in [-0.2, 0) is 6.42 Å². The van der Waals surface area contributed by atoms with Gasteiger partial charge in [-0.3, -0.25) is 9.47 Å². The summed E-state index contributed by atoms with van der Waals surface area (Å²) in [5.74, 6) is 1.60. The van der Waals surface area contributed by atoms with Crippen LogP contribution in [0, 0.1) is 6.92 Å². The Kier molecular flexibility index (Phi) is 11.4. The van der Waals surface area contributed by atoms with Crippen LogP contribution in [-0.4, -0.2) is 54.3 Å². The summed E-state index contributed by atoms with van der Waals surface area (Å²) in [4.78, 5) is 20.9. The lowest BCUT2D eigenvalue weighted by atomic mass is 9.94. The molecule has 2 aromatic heterocycles. The zero-order chi connectivity index (χ0) is 31.9. The van der Waals surface area contributed by atoms with Gasteiger partial charge in [-0.05, 0) is 78.8 Å². The first-order valence-corrected chi connectivity index (χ1v) is 17.1. The van der Waals surface area contributed by atoms with Crippen LogP contribution in [0.5, 0.6) is 0 Å².